The smallest absolute Gasteiger partial charge is 0.143 e. The van der Waals surface area contributed by atoms with Gasteiger partial charge in [0.05, 0.1) is 11.1 Å². The summed E-state index contributed by atoms with van der Waals surface area (Å²) in [6.07, 6.45) is 0. The molecule has 0 aliphatic heterocycles. The average Bonchev–Trinajstić information content (AvgIpc) is 3.91. The van der Waals surface area contributed by atoms with Crippen molar-refractivity contribution in [2.45, 2.75) is 0 Å². The van der Waals surface area contributed by atoms with Gasteiger partial charge < -0.3 is 13.7 Å². The number of fused-ring (bicyclic) bond motifs is 7. The highest BCUT2D eigenvalue weighted by molar-refractivity contribution is 6.13. The molecule has 0 saturated carbocycles. The van der Waals surface area contributed by atoms with Crippen LogP contribution in [-0.4, -0.2) is 0 Å². The predicted molar refractivity (Wildman–Crippen MR) is 255 cm³/mol. The van der Waals surface area contributed by atoms with Crippen molar-refractivity contribution in [2.75, 3.05) is 4.90 Å². The normalized spacial score (nSPS) is 11.6. The third-order valence-corrected chi connectivity index (χ3v) is 12.1. The second-order valence-corrected chi connectivity index (χ2v) is 15.7. The summed E-state index contributed by atoms with van der Waals surface area (Å²) >= 11 is 0. The van der Waals surface area contributed by atoms with Gasteiger partial charge in [0, 0.05) is 33.1 Å². The number of furan rings is 2. The monoisotopic (exact) mass is 779 g/mol. The molecule has 2 aromatic heterocycles. The van der Waals surface area contributed by atoms with Crippen molar-refractivity contribution in [3.05, 3.63) is 224 Å². The Morgan fingerprint density at radius 2 is 0.803 bits per heavy atom. The second-order valence-electron chi connectivity index (χ2n) is 15.7. The Balaban J connectivity index is 0.924. The molecule has 3 heteroatoms. The van der Waals surface area contributed by atoms with E-state index in [0.717, 1.165) is 77.6 Å². The summed E-state index contributed by atoms with van der Waals surface area (Å²) in [6, 6.07) is 80.0. The second kappa shape index (κ2) is 14.3. The Morgan fingerprint density at radius 3 is 1.52 bits per heavy atom. The summed E-state index contributed by atoms with van der Waals surface area (Å²) in [5, 5.41) is 6.92. The fourth-order valence-electron chi connectivity index (χ4n) is 9.06. The lowest BCUT2D eigenvalue weighted by Gasteiger charge is -2.26. The van der Waals surface area contributed by atoms with Crippen molar-refractivity contribution in [1.29, 1.82) is 0 Å². The van der Waals surface area contributed by atoms with E-state index < -0.39 is 0 Å². The van der Waals surface area contributed by atoms with E-state index in [1.54, 1.807) is 0 Å². The zero-order chi connectivity index (χ0) is 40.3. The molecule has 0 spiro atoms. The van der Waals surface area contributed by atoms with Crippen LogP contribution in [0.3, 0.4) is 0 Å². The highest BCUT2D eigenvalue weighted by Gasteiger charge is 2.20. The highest BCUT2D eigenvalue weighted by Crippen LogP contribution is 2.44. The third kappa shape index (κ3) is 6.06. The molecule has 61 heavy (non-hydrogen) atoms. The van der Waals surface area contributed by atoms with Crippen LogP contribution in [0.1, 0.15) is 0 Å². The van der Waals surface area contributed by atoms with E-state index >= 15 is 0 Å². The first kappa shape index (κ1) is 34.9. The molecule has 12 rings (SSSR count). The molecule has 0 bridgehead atoms. The van der Waals surface area contributed by atoms with Gasteiger partial charge >= 0.3 is 0 Å². The Kier molecular flexibility index (Phi) is 8.17. The Hall–Kier alpha value is -8.14. The summed E-state index contributed by atoms with van der Waals surface area (Å²) in [4.78, 5) is 2.34. The summed E-state index contributed by atoms with van der Waals surface area (Å²) in [5.41, 5.74) is 16.0. The quantitative estimate of drug-likeness (QED) is 0.161. The molecule has 0 atom stereocenters. The molecule has 0 fully saturated rings. The first-order valence-electron chi connectivity index (χ1n) is 20.7. The Labute approximate surface area is 353 Å². The Morgan fingerprint density at radius 1 is 0.295 bits per heavy atom. The molecular formula is C58H37NO2. The van der Waals surface area contributed by atoms with E-state index in [1.165, 1.54) is 38.6 Å². The van der Waals surface area contributed by atoms with Crippen molar-refractivity contribution in [3.63, 3.8) is 0 Å². The van der Waals surface area contributed by atoms with Gasteiger partial charge in [-0.3, -0.25) is 0 Å². The molecule has 0 aliphatic rings. The van der Waals surface area contributed by atoms with Crippen molar-refractivity contribution < 1.29 is 8.83 Å². The lowest BCUT2D eigenvalue weighted by Crippen LogP contribution is -2.10. The highest BCUT2D eigenvalue weighted by atomic mass is 16.3. The number of hydrogen-bond acceptors (Lipinski definition) is 3. The van der Waals surface area contributed by atoms with E-state index in [1.807, 2.05) is 24.3 Å². The minimum absolute atomic E-state index is 0.856. The van der Waals surface area contributed by atoms with Crippen molar-refractivity contribution >= 4 is 71.7 Å². The van der Waals surface area contributed by atoms with Crippen LogP contribution in [0.2, 0.25) is 0 Å². The van der Waals surface area contributed by atoms with Crippen LogP contribution in [-0.2, 0) is 0 Å². The molecule has 0 N–H and O–H groups in total. The van der Waals surface area contributed by atoms with Gasteiger partial charge in [-0.15, -0.1) is 0 Å². The van der Waals surface area contributed by atoms with Gasteiger partial charge in [-0.25, -0.2) is 0 Å². The first-order chi connectivity index (χ1) is 30.2. The zero-order valence-electron chi connectivity index (χ0n) is 33.1. The molecule has 2 heterocycles. The van der Waals surface area contributed by atoms with Crippen molar-refractivity contribution in [2.24, 2.45) is 0 Å². The molecule has 0 radical (unpaired) electrons. The van der Waals surface area contributed by atoms with Crippen LogP contribution in [0.25, 0.3) is 99.2 Å². The molecule has 0 amide bonds. The van der Waals surface area contributed by atoms with Gasteiger partial charge in [0.2, 0.25) is 0 Å². The number of nitrogens with zero attached hydrogens (tertiary/aromatic N) is 1. The topological polar surface area (TPSA) is 29.5 Å². The SMILES string of the molecule is c1cc(-c2ccc(N(c3ccc(-c4cccc5c4oc4ccccc45)cc3)c3cccc4oc5ccccc5c34)cc2)cc(-c2cccc(-c3ccc4ccccc4c3)c2)c1. The molecule has 0 saturated heterocycles. The Bertz CT molecular complexity index is 3590. The number of rotatable bonds is 7. The fourth-order valence-corrected chi connectivity index (χ4v) is 9.06. The summed E-state index contributed by atoms with van der Waals surface area (Å²) in [5.74, 6) is 0. The van der Waals surface area contributed by atoms with Gasteiger partial charge in [0.15, 0.2) is 0 Å². The van der Waals surface area contributed by atoms with Crippen LogP contribution in [0.4, 0.5) is 17.1 Å². The molecule has 0 aliphatic carbocycles. The van der Waals surface area contributed by atoms with Crippen LogP contribution in [0, 0.1) is 0 Å². The number of anilines is 3. The van der Waals surface area contributed by atoms with E-state index in [2.05, 4.69) is 205 Å². The molecular weight excluding hydrogens is 743 g/mol. The molecule has 0 unspecified atom stereocenters. The van der Waals surface area contributed by atoms with E-state index in [9.17, 15) is 0 Å². The molecule has 3 nitrogen and oxygen atoms in total. The number of para-hydroxylation sites is 3. The standard InChI is InChI=1S/C58H37NO2/c1-2-12-41-36-46(26-25-38(41)11-1)45-16-8-15-44(37-45)43-14-7-13-42(35-43)39-27-31-47(32-28-39)59(53-21-10-24-56-57(53)52-18-4-6-23-55(52)60-56)48-33-29-40(30-34-48)49-19-9-20-51-50-17-3-5-22-54(50)61-58(49)51/h1-37H. The maximum Gasteiger partial charge on any atom is 0.143 e. The number of benzene rings is 10. The van der Waals surface area contributed by atoms with Crippen LogP contribution in [0.5, 0.6) is 0 Å². The van der Waals surface area contributed by atoms with Gasteiger partial charge in [-0.05, 0) is 116 Å². The van der Waals surface area contributed by atoms with Crippen molar-refractivity contribution in [3.8, 4) is 44.5 Å². The summed E-state index contributed by atoms with van der Waals surface area (Å²) in [7, 11) is 0. The van der Waals surface area contributed by atoms with E-state index in [0.29, 0.717) is 0 Å². The third-order valence-electron chi connectivity index (χ3n) is 12.1. The van der Waals surface area contributed by atoms with Gasteiger partial charge in [-0.1, -0.05) is 158 Å². The van der Waals surface area contributed by atoms with Crippen LogP contribution < -0.4 is 4.90 Å². The van der Waals surface area contributed by atoms with E-state index in [4.69, 9.17) is 8.83 Å². The minimum Gasteiger partial charge on any atom is -0.456 e. The summed E-state index contributed by atoms with van der Waals surface area (Å²) < 4.78 is 12.8. The zero-order valence-corrected chi connectivity index (χ0v) is 33.1. The minimum atomic E-state index is 0.856. The molecule has 12 aromatic rings. The van der Waals surface area contributed by atoms with Crippen LogP contribution >= 0.6 is 0 Å². The van der Waals surface area contributed by atoms with Crippen LogP contribution in [0.15, 0.2) is 233 Å². The van der Waals surface area contributed by atoms with Gasteiger partial charge in [0.25, 0.3) is 0 Å². The maximum atomic E-state index is 6.43. The van der Waals surface area contributed by atoms with E-state index in [-0.39, 0.29) is 0 Å². The summed E-state index contributed by atoms with van der Waals surface area (Å²) in [6.45, 7) is 0. The lowest BCUT2D eigenvalue weighted by molar-refractivity contribution is 0.669. The average molecular weight is 780 g/mol. The van der Waals surface area contributed by atoms with Gasteiger partial charge in [0.1, 0.15) is 22.3 Å². The lowest BCUT2D eigenvalue weighted by atomic mass is 9.95. The van der Waals surface area contributed by atoms with Gasteiger partial charge in [-0.2, -0.15) is 0 Å². The largest absolute Gasteiger partial charge is 0.456 e. The number of hydrogen-bond donors (Lipinski definition) is 0. The molecule has 10 aromatic carbocycles. The maximum absolute atomic E-state index is 6.43. The van der Waals surface area contributed by atoms with Crippen molar-refractivity contribution in [1.82, 2.24) is 0 Å². The first-order valence-corrected chi connectivity index (χ1v) is 20.7. The predicted octanol–water partition coefficient (Wildman–Crippen LogP) is 16.8. The molecule has 286 valence electrons. The fraction of sp³-hybridized carbons (Fsp3) is 0.